The number of amides is 1. The Morgan fingerprint density at radius 1 is 1.33 bits per heavy atom. The van der Waals surface area contributed by atoms with Crippen LogP contribution in [0.4, 0.5) is 24.7 Å². The van der Waals surface area contributed by atoms with Crippen molar-refractivity contribution in [1.29, 1.82) is 0 Å². The number of carbonyl (C=O) groups is 1. The number of hydrogen-bond donors (Lipinski definition) is 2. The number of fused-ring (bicyclic) bond motifs is 1. The second-order valence-corrected chi connectivity index (χ2v) is 8.70. The number of thiophene rings is 1. The first-order valence-electron chi connectivity index (χ1n) is 9.33. The fourth-order valence-electron chi connectivity index (χ4n) is 3.54. The number of alkyl halides is 3. The third kappa shape index (κ3) is 3.85. The smallest absolute Gasteiger partial charge is 0.362 e. The summed E-state index contributed by atoms with van der Waals surface area (Å²) in [5.74, 6) is -0.420. The van der Waals surface area contributed by atoms with Crippen LogP contribution < -0.4 is 10.6 Å². The Balaban J connectivity index is 1.70. The Hall–Kier alpha value is -2.33. The van der Waals surface area contributed by atoms with Gasteiger partial charge in [0.1, 0.15) is 5.82 Å². The third-order valence-corrected chi connectivity index (χ3v) is 6.78. The van der Waals surface area contributed by atoms with Crippen molar-refractivity contribution in [3.05, 3.63) is 62.4 Å². The Morgan fingerprint density at radius 3 is 2.77 bits per heavy atom. The lowest BCUT2D eigenvalue weighted by Gasteiger charge is -2.33. The predicted octanol–water partition coefficient (Wildman–Crippen LogP) is 6.18. The maximum atomic E-state index is 13.8. The Bertz CT molecular complexity index is 1060. The number of aromatic nitrogens is 2. The van der Waals surface area contributed by atoms with Crippen molar-refractivity contribution in [2.45, 2.75) is 38.0 Å². The van der Waals surface area contributed by atoms with E-state index in [-0.39, 0.29) is 22.4 Å². The maximum absolute atomic E-state index is 13.8. The van der Waals surface area contributed by atoms with Gasteiger partial charge in [-0.1, -0.05) is 31.2 Å². The number of rotatable bonds is 4. The van der Waals surface area contributed by atoms with E-state index >= 15 is 0 Å². The summed E-state index contributed by atoms with van der Waals surface area (Å²) in [6.07, 6.45) is -4.00. The van der Waals surface area contributed by atoms with Gasteiger partial charge in [-0.15, -0.1) is 11.3 Å². The van der Waals surface area contributed by atoms with E-state index in [4.69, 9.17) is 0 Å². The molecule has 5 nitrogen and oxygen atoms in total. The molecule has 1 aromatic carbocycles. The van der Waals surface area contributed by atoms with Gasteiger partial charge in [-0.3, -0.25) is 4.79 Å². The first-order chi connectivity index (χ1) is 14.3. The molecule has 2 N–H and O–H groups in total. The third-order valence-electron chi connectivity index (χ3n) is 5.04. The quantitative estimate of drug-likeness (QED) is 0.451. The summed E-state index contributed by atoms with van der Waals surface area (Å²) >= 11 is 4.69. The molecule has 2 aromatic heterocycles. The minimum absolute atomic E-state index is 0.0931. The van der Waals surface area contributed by atoms with E-state index < -0.39 is 24.2 Å². The standard InChI is InChI=1S/C20H18BrF3N4OS/c1-2-11-6-3-4-7-12(11)26-19(29)17-16(21)18-25-13(14-8-5-9-30-14)10-15(20(22,23)24)28(18)27-17/h3-9,13,15,25H,2,10H2,1H3,(H,26,29)/t13-,15-/m0/s1. The van der Waals surface area contributed by atoms with Crippen molar-refractivity contribution in [2.75, 3.05) is 10.6 Å². The van der Waals surface area contributed by atoms with Gasteiger partial charge in [-0.25, -0.2) is 4.68 Å². The number of aryl methyl sites for hydroxylation is 1. The lowest BCUT2D eigenvalue weighted by molar-refractivity contribution is -0.173. The minimum atomic E-state index is -4.50. The molecule has 2 atom stereocenters. The van der Waals surface area contributed by atoms with E-state index in [1.54, 1.807) is 24.3 Å². The van der Waals surface area contributed by atoms with Crippen molar-refractivity contribution in [2.24, 2.45) is 0 Å². The molecule has 158 valence electrons. The molecule has 1 amide bonds. The van der Waals surface area contributed by atoms with Gasteiger partial charge in [0, 0.05) is 17.0 Å². The largest absolute Gasteiger partial charge is 0.410 e. The number of hydrogen-bond acceptors (Lipinski definition) is 4. The molecule has 0 radical (unpaired) electrons. The van der Waals surface area contributed by atoms with E-state index in [0.29, 0.717) is 12.1 Å². The molecule has 1 aliphatic heterocycles. The van der Waals surface area contributed by atoms with E-state index in [0.717, 1.165) is 15.1 Å². The molecule has 30 heavy (non-hydrogen) atoms. The molecule has 0 saturated heterocycles. The molecule has 0 saturated carbocycles. The van der Waals surface area contributed by atoms with Crippen LogP contribution >= 0.6 is 27.3 Å². The van der Waals surface area contributed by atoms with Crippen molar-refractivity contribution < 1.29 is 18.0 Å². The highest BCUT2D eigenvalue weighted by Gasteiger charge is 2.48. The monoisotopic (exact) mass is 498 g/mol. The van der Waals surface area contributed by atoms with Crippen LogP contribution in [0.15, 0.2) is 46.3 Å². The zero-order valence-corrected chi connectivity index (χ0v) is 18.2. The summed E-state index contributed by atoms with van der Waals surface area (Å²) < 4.78 is 42.5. The van der Waals surface area contributed by atoms with E-state index in [2.05, 4.69) is 31.7 Å². The summed E-state index contributed by atoms with van der Waals surface area (Å²) in [4.78, 5) is 13.7. The number of carbonyl (C=O) groups excluding carboxylic acids is 1. The summed E-state index contributed by atoms with van der Waals surface area (Å²) in [6.45, 7) is 1.96. The van der Waals surface area contributed by atoms with Crippen LogP contribution in [0.2, 0.25) is 0 Å². The van der Waals surface area contributed by atoms with E-state index in [1.807, 2.05) is 24.4 Å². The Morgan fingerprint density at radius 2 is 2.10 bits per heavy atom. The normalized spacial score (nSPS) is 18.6. The molecular weight excluding hydrogens is 481 g/mol. The molecular formula is C20H18BrF3N4OS. The lowest BCUT2D eigenvalue weighted by Crippen LogP contribution is -2.35. The average molecular weight is 499 g/mol. The fraction of sp³-hybridized carbons (Fsp3) is 0.300. The summed E-state index contributed by atoms with van der Waals surface area (Å²) in [6, 6.07) is 8.53. The number of benzene rings is 1. The van der Waals surface area contributed by atoms with Crippen molar-refractivity contribution in [1.82, 2.24) is 9.78 Å². The number of anilines is 2. The zero-order valence-electron chi connectivity index (χ0n) is 15.8. The van der Waals surface area contributed by atoms with Gasteiger partial charge in [-0.2, -0.15) is 18.3 Å². The van der Waals surface area contributed by atoms with Gasteiger partial charge in [0.15, 0.2) is 11.7 Å². The molecule has 1 aliphatic rings. The summed E-state index contributed by atoms with van der Waals surface area (Å²) in [5, 5.41) is 11.8. The van der Waals surface area contributed by atoms with Crippen LogP contribution in [0, 0.1) is 0 Å². The predicted molar refractivity (Wildman–Crippen MR) is 114 cm³/mol. The van der Waals surface area contributed by atoms with Crippen LogP contribution in [0.1, 0.15) is 46.4 Å². The van der Waals surface area contributed by atoms with Crippen LogP contribution in [0.25, 0.3) is 0 Å². The Labute approximate surface area is 183 Å². The van der Waals surface area contributed by atoms with Gasteiger partial charge in [0.2, 0.25) is 0 Å². The highest BCUT2D eigenvalue weighted by Crippen LogP contribution is 2.46. The van der Waals surface area contributed by atoms with Gasteiger partial charge in [0.05, 0.1) is 10.5 Å². The minimum Gasteiger partial charge on any atom is -0.362 e. The van der Waals surface area contributed by atoms with Crippen LogP contribution in [-0.2, 0) is 6.42 Å². The first-order valence-corrected chi connectivity index (χ1v) is 11.0. The molecule has 0 unspecified atom stereocenters. The molecule has 0 spiro atoms. The van der Waals surface area contributed by atoms with Crippen molar-refractivity contribution in [3.8, 4) is 0 Å². The van der Waals surface area contributed by atoms with Gasteiger partial charge in [0.25, 0.3) is 5.91 Å². The number of nitrogens with one attached hydrogen (secondary N) is 2. The molecule has 0 aliphatic carbocycles. The maximum Gasteiger partial charge on any atom is 0.410 e. The molecule has 10 heteroatoms. The Kier molecular flexibility index (Phi) is 5.63. The zero-order chi connectivity index (χ0) is 21.5. The average Bonchev–Trinajstić information content (AvgIpc) is 3.35. The van der Waals surface area contributed by atoms with Crippen LogP contribution in [-0.4, -0.2) is 21.9 Å². The summed E-state index contributed by atoms with van der Waals surface area (Å²) in [7, 11) is 0. The molecule has 3 aromatic rings. The SMILES string of the molecule is CCc1ccccc1NC(=O)c1nn2c(c1Br)N[C@H](c1cccs1)C[C@H]2C(F)(F)F. The van der Waals surface area contributed by atoms with Gasteiger partial charge in [-0.05, 0) is 45.4 Å². The van der Waals surface area contributed by atoms with Crippen LogP contribution in [0.5, 0.6) is 0 Å². The van der Waals surface area contributed by atoms with Gasteiger partial charge >= 0.3 is 6.18 Å². The topological polar surface area (TPSA) is 59.0 Å². The number of para-hydroxylation sites is 1. The highest BCUT2D eigenvalue weighted by molar-refractivity contribution is 9.10. The molecule has 4 rings (SSSR count). The number of nitrogens with zero attached hydrogens (tertiary/aromatic N) is 2. The lowest BCUT2D eigenvalue weighted by atomic mass is 10.0. The molecule has 0 fully saturated rings. The second kappa shape index (κ2) is 8.07. The van der Waals surface area contributed by atoms with Gasteiger partial charge < -0.3 is 10.6 Å². The van der Waals surface area contributed by atoms with E-state index in [1.165, 1.54) is 11.3 Å². The molecule has 3 heterocycles. The van der Waals surface area contributed by atoms with E-state index in [9.17, 15) is 18.0 Å². The van der Waals surface area contributed by atoms with Crippen molar-refractivity contribution >= 4 is 44.7 Å². The fourth-order valence-corrected chi connectivity index (χ4v) is 4.89. The highest BCUT2D eigenvalue weighted by atomic mass is 79.9. The first kappa shape index (κ1) is 20.9. The summed E-state index contributed by atoms with van der Waals surface area (Å²) in [5.41, 5.74) is 1.44. The molecule has 0 bridgehead atoms. The van der Waals surface area contributed by atoms with Crippen LogP contribution in [0.3, 0.4) is 0 Å². The van der Waals surface area contributed by atoms with Crippen molar-refractivity contribution in [3.63, 3.8) is 0 Å². The number of halogens is 4. The second-order valence-electron chi connectivity index (χ2n) is 6.93.